The lowest BCUT2D eigenvalue weighted by Crippen LogP contribution is -1.69. The highest BCUT2D eigenvalue weighted by Gasteiger charge is 2.00. The number of allylic oxidation sites excluding steroid dienone is 2. The van der Waals surface area contributed by atoms with Gasteiger partial charge in [-0.15, -0.1) is 23.1 Å². The van der Waals surface area contributed by atoms with Crippen LogP contribution in [0.5, 0.6) is 0 Å². The third-order valence-electron chi connectivity index (χ3n) is 1.47. The van der Waals surface area contributed by atoms with Gasteiger partial charge in [-0.1, -0.05) is 12.7 Å². The van der Waals surface area contributed by atoms with E-state index in [0.717, 1.165) is 0 Å². The second-order valence-electron chi connectivity index (χ2n) is 2.38. The molecule has 1 aromatic heterocycles. The number of hydrogen-bond acceptors (Lipinski definition) is 2. The van der Waals surface area contributed by atoms with E-state index >= 15 is 0 Å². The third-order valence-corrected chi connectivity index (χ3v) is 3.43. The zero-order chi connectivity index (χ0) is 8.97. The molecule has 0 amide bonds. The van der Waals surface area contributed by atoms with Crippen molar-refractivity contribution in [2.75, 3.05) is 6.26 Å². The van der Waals surface area contributed by atoms with Crippen LogP contribution in [0.2, 0.25) is 0 Å². The Morgan fingerprint density at radius 3 is 2.75 bits per heavy atom. The lowest BCUT2D eigenvalue weighted by molar-refractivity contribution is 1.64. The van der Waals surface area contributed by atoms with Crippen LogP contribution in [0.4, 0.5) is 0 Å². The number of rotatable bonds is 3. The van der Waals surface area contributed by atoms with Crippen LogP contribution in [0, 0.1) is 6.92 Å². The molecule has 0 radical (unpaired) electrons. The van der Waals surface area contributed by atoms with Gasteiger partial charge in [0.15, 0.2) is 0 Å². The topological polar surface area (TPSA) is 0 Å². The molecular formula is C10H12S2. The number of aryl methyl sites for hydroxylation is 1. The van der Waals surface area contributed by atoms with Crippen LogP contribution in [-0.2, 0) is 0 Å². The first-order chi connectivity index (χ1) is 5.77. The fourth-order valence-corrected chi connectivity index (χ4v) is 2.59. The Labute approximate surface area is 82.0 Å². The molecular weight excluding hydrogens is 184 g/mol. The highest BCUT2D eigenvalue weighted by molar-refractivity contribution is 8.07. The maximum absolute atomic E-state index is 3.70. The lowest BCUT2D eigenvalue weighted by Gasteiger charge is -1.97. The minimum Gasteiger partial charge on any atom is -0.140 e. The first kappa shape index (κ1) is 9.62. The molecule has 0 fully saturated rings. The maximum atomic E-state index is 3.70. The van der Waals surface area contributed by atoms with E-state index in [1.807, 2.05) is 17.4 Å². The van der Waals surface area contributed by atoms with E-state index in [1.165, 1.54) is 14.7 Å². The van der Waals surface area contributed by atoms with Gasteiger partial charge >= 0.3 is 0 Å². The molecule has 1 heterocycles. The second-order valence-corrected chi connectivity index (χ2v) is 4.52. The van der Waals surface area contributed by atoms with Gasteiger partial charge in [-0.05, 0) is 31.4 Å². The monoisotopic (exact) mass is 196 g/mol. The molecule has 0 aliphatic heterocycles. The molecule has 1 aromatic rings. The van der Waals surface area contributed by atoms with Gasteiger partial charge in [-0.25, -0.2) is 0 Å². The van der Waals surface area contributed by atoms with Crippen LogP contribution in [0.25, 0.3) is 4.91 Å². The summed E-state index contributed by atoms with van der Waals surface area (Å²) in [6.07, 6.45) is 5.97. The van der Waals surface area contributed by atoms with Crippen molar-refractivity contribution >= 4 is 28.0 Å². The van der Waals surface area contributed by atoms with E-state index in [4.69, 9.17) is 0 Å². The van der Waals surface area contributed by atoms with Crippen molar-refractivity contribution in [2.45, 2.75) is 6.92 Å². The molecule has 0 spiro atoms. The first-order valence-electron chi connectivity index (χ1n) is 3.71. The predicted octanol–water partition coefficient (Wildman–Crippen LogP) is 3.95. The molecule has 2 heteroatoms. The van der Waals surface area contributed by atoms with E-state index in [0.29, 0.717) is 0 Å². The maximum Gasteiger partial charge on any atom is 0.0408 e. The summed E-state index contributed by atoms with van der Waals surface area (Å²) < 4.78 is 0. The molecule has 0 nitrogen and oxygen atoms in total. The van der Waals surface area contributed by atoms with Gasteiger partial charge in [0.25, 0.3) is 0 Å². The number of hydrogen-bond donors (Lipinski definition) is 0. The van der Waals surface area contributed by atoms with Crippen molar-refractivity contribution in [3.63, 3.8) is 0 Å². The van der Waals surface area contributed by atoms with Gasteiger partial charge in [0.2, 0.25) is 0 Å². The minimum atomic E-state index is 1.29. The van der Waals surface area contributed by atoms with Gasteiger partial charge < -0.3 is 0 Å². The summed E-state index contributed by atoms with van der Waals surface area (Å²) in [6, 6.07) is 4.30. The second kappa shape index (κ2) is 4.53. The van der Waals surface area contributed by atoms with Gasteiger partial charge in [-0.2, -0.15) is 0 Å². The third kappa shape index (κ3) is 2.26. The highest BCUT2D eigenvalue weighted by atomic mass is 32.2. The molecule has 0 bridgehead atoms. The molecule has 64 valence electrons. The van der Waals surface area contributed by atoms with Crippen LogP contribution in [-0.4, -0.2) is 6.26 Å². The standard InChI is InChI=1S/C10H12S2/c1-4-5-9(11-3)10-7-6-8(2)12-10/h4-7H,1H2,2-3H3/b9-5-. The van der Waals surface area contributed by atoms with E-state index in [1.54, 1.807) is 11.8 Å². The molecule has 0 aliphatic rings. The minimum absolute atomic E-state index is 1.29. The highest BCUT2D eigenvalue weighted by Crippen LogP contribution is 2.30. The quantitative estimate of drug-likeness (QED) is 0.660. The van der Waals surface area contributed by atoms with Crippen LogP contribution >= 0.6 is 23.1 Å². The van der Waals surface area contributed by atoms with Gasteiger partial charge in [-0.3, -0.25) is 0 Å². The molecule has 0 atom stereocenters. The smallest absolute Gasteiger partial charge is 0.0408 e. The summed E-state index contributed by atoms with van der Waals surface area (Å²) in [7, 11) is 0. The molecule has 0 aliphatic carbocycles. The largest absolute Gasteiger partial charge is 0.140 e. The molecule has 0 saturated heterocycles. The van der Waals surface area contributed by atoms with E-state index < -0.39 is 0 Å². The fraction of sp³-hybridized carbons (Fsp3) is 0.200. The van der Waals surface area contributed by atoms with E-state index in [9.17, 15) is 0 Å². The summed E-state index contributed by atoms with van der Waals surface area (Å²) in [5.41, 5.74) is 0. The van der Waals surface area contributed by atoms with Gasteiger partial charge in [0.05, 0.1) is 0 Å². The summed E-state index contributed by atoms with van der Waals surface area (Å²) in [6.45, 7) is 5.82. The molecule has 0 N–H and O–H groups in total. The Bertz CT molecular complexity index is 295. The Hall–Kier alpha value is -0.470. The summed E-state index contributed by atoms with van der Waals surface area (Å²) in [5.74, 6) is 0. The van der Waals surface area contributed by atoms with Crippen molar-refractivity contribution < 1.29 is 0 Å². The van der Waals surface area contributed by atoms with Crippen molar-refractivity contribution in [2.24, 2.45) is 0 Å². The molecule has 0 saturated carbocycles. The normalized spacial score (nSPS) is 11.7. The Kier molecular flexibility index (Phi) is 3.63. The first-order valence-corrected chi connectivity index (χ1v) is 5.75. The molecule has 0 aromatic carbocycles. The average molecular weight is 196 g/mol. The Morgan fingerprint density at radius 2 is 2.33 bits per heavy atom. The lowest BCUT2D eigenvalue weighted by atomic mass is 10.4. The van der Waals surface area contributed by atoms with Crippen LogP contribution in [0.3, 0.4) is 0 Å². The van der Waals surface area contributed by atoms with Crippen molar-refractivity contribution in [3.05, 3.63) is 40.6 Å². The summed E-state index contributed by atoms with van der Waals surface area (Å²) >= 11 is 3.58. The van der Waals surface area contributed by atoms with Crippen molar-refractivity contribution in [1.29, 1.82) is 0 Å². The summed E-state index contributed by atoms with van der Waals surface area (Å²) in [5, 5.41) is 0. The van der Waals surface area contributed by atoms with E-state index in [-0.39, 0.29) is 0 Å². The SMILES string of the molecule is C=C/C=C(\SC)c1ccc(C)s1. The zero-order valence-electron chi connectivity index (χ0n) is 7.33. The molecule has 0 unspecified atom stereocenters. The van der Waals surface area contributed by atoms with Crippen LogP contribution in [0.15, 0.2) is 30.9 Å². The zero-order valence-corrected chi connectivity index (χ0v) is 8.97. The predicted molar refractivity (Wildman–Crippen MR) is 60.7 cm³/mol. The molecule has 1 rings (SSSR count). The van der Waals surface area contributed by atoms with Gasteiger partial charge in [0, 0.05) is 14.7 Å². The van der Waals surface area contributed by atoms with E-state index in [2.05, 4.69) is 38.0 Å². The average Bonchev–Trinajstić information content (AvgIpc) is 2.47. The molecule has 12 heavy (non-hydrogen) atoms. The number of thioether (sulfide) groups is 1. The van der Waals surface area contributed by atoms with Crippen LogP contribution < -0.4 is 0 Å². The fourth-order valence-electron chi connectivity index (χ4n) is 0.925. The van der Waals surface area contributed by atoms with Gasteiger partial charge in [0.1, 0.15) is 0 Å². The van der Waals surface area contributed by atoms with Crippen molar-refractivity contribution in [1.82, 2.24) is 0 Å². The Morgan fingerprint density at radius 1 is 1.58 bits per heavy atom. The number of thiophene rings is 1. The van der Waals surface area contributed by atoms with Crippen molar-refractivity contribution in [3.8, 4) is 0 Å². The van der Waals surface area contributed by atoms with Crippen LogP contribution in [0.1, 0.15) is 9.75 Å². The summed E-state index contributed by atoms with van der Waals surface area (Å²) in [4.78, 5) is 3.98. The Balaban J connectivity index is 2.94.